The summed E-state index contributed by atoms with van der Waals surface area (Å²) < 4.78 is 15.4. The third kappa shape index (κ3) is 2.59. The molecule has 1 unspecified atom stereocenters. The number of rotatable bonds is 4. The Morgan fingerprint density at radius 2 is 2.22 bits per heavy atom. The number of nitrogens with two attached hydrogens (primary N) is 1. The normalized spacial score (nSPS) is 12.7. The Balaban J connectivity index is 2.36. The average molecular weight is 247 g/mol. The summed E-state index contributed by atoms with van der Waals surface area (Å²) in [6.07, 6.45) is 4.30. The van der Waals surface area contributed by atoms with E-state index >= 15 is 0 Å². The van der Waals surface area contributed by atoms with E-state index in [-0.39, 0.29) is 11.9 Å². The minimum absolute atomic E-state index is 0.106. The van der Waals surface area contributed by atoms with Crippen molar-refractivity contribution in [3.05, 3.63) is 53.4 Å². The van der Waals surface area contributed by atoms with Crippen LogP contribution < -0.4 is 5.73 Å². The first-order chi connectivity index (χ1) is 8.61. The zero-order valence-electron chi connectivity index (χ0n) is 10.7. The number of aryl methyl sites for hydroxylation is 1. The first-order valence-electron chi connectivity index (χ1n) is 6.15. The van der Waals surface area contributed by atoms with Gasteiger partial charge >= 0.3 is 0 Å². The fourth-order valence-corrected chi connectivity index (χ4v) is 2.14. The Kier molecular flexibility index (Phi) is 3.77. The van der Waals surface area contributed by atoms with Crippen molar-refractivity contribution in [3.63, 3.8) is 0 Å². The molecule has 1 heterocycles. The molecule has 0 aliphatic heterocycles. The van der Waals surface area contributed by atoms with Gasteiger partial charge in [0.25, 0.3) is 0 Å². The number of halogens is 1. The highest BCUT2D eigenvalue weighted by atomic mass is 19.1. The van der Waals surface area contributed by atoms with E-state index in [1.54, 1.807) is 18.3 Å². The molecular weight excluding hydrogens is 229 g/mol. The first kappa shape index (κ1) is 12.8. The predicted molar refractivity (Wildman–Crippen MR) is 69.7 cm³/mol. The zero-order chi connectivity index (χ0) is 13.1. The molecule has 3 nitrogen and oxygen atoms in total. The lowest BCUT2D eigenvalue weighted by molar-refractivity contribution is 0.621. The molecule has 2 N–H and O–H groups in total. The number of imidazole rings is 1. The standard InChI is InChI=1S/C14H18FN3/c1-3-18-7-6-17-14(18)9-11-8-12(15)4-5-13(11)10(2)16/h4-8,10H,3,9,16H2,1-2H3. The van der Waals surface area contributed by atoms with E-state index in [1.807, 2.05) is 13.1 Å². The second-order valence-electron chi connectivity index (χ2n) is 4.44. The van der Waals surface area contributed by atoms with Gasteiger partial charge in [-0.15, -0.1) is 0 Å². The van der Waals surface area contributed by atoms with Crippen molar-refractivity contribution in [1.82, 2.24) is 9.55 Å². The molecule has 4 heteroatoms. The average Bonchev–Trinajstić information content (AvgIpc) is 2.76. The summed E-state index contributed by atoms with van der Waals surface area (Å²) in [7, 11) is 0. The van der Waals surface area contributed by atoms with Gasteiger partial charge in [-0.05, 0) is 37.1 Å². The molecule has 18 heavy (non-hydrogen) atoms. The maximum Gasteiger partial charge on any atom is 0.123 e. The number of hydrogen-bond donors (Lipinski definition) is 1. The molecule has 0 aliphatic rings. The first-order valence-corrected chi connectivity index (χ1v) is 6.15. The van der Waals surface area contributed by atoms with Crippen LogP contribution in [0.3, 0.4) is 0 Å². The molecule has 0 radical (unpaired) electrons. The van der Waals surface area contributed by atoms with E-state index in [9.17, 15) is 4.39 Å². The van der Waals surface area contributed by atoms with Crippen LogP contribution in [0.2, 0.25) is 0 Å². The third-order valence-corrected chi connectivity index (χ3v) is 3.09. The summed E-state index contributed by atoms with van der Waals surface area (Å²) in [6, 6.07) is 4.65. The van der Waals surface area contributed by atoms with Crippen LogP contribution in [0.25, 0.3) is 0 Å². The van der Waals surface area contributed by atoms with Crippen molar-refractivity contribution < 1.29 is 4.39 Å². The fourth-order valence-electron chi connectivity index (χ4n) is 2.14. The maximum atomic E-state index is 13.4. The molecule has 2 rings (SSSR count). The van der Waals surface area contributed by atoms with E-state index in [2.05, 4.69) is 16.5 Å². The topological polar surface area (TPSA) is 43.8 Å². The van der Waals surface area contributed by atoms with Crippen LogP contribution in [-0.4, -0.2) is 9.55 Å². The van der Waals surface area contributed by atoms with Gasteiger partial charge in [0.2, 0.25) is 0 Å². The highest BCUT2D eigenvalue weighted by Gasteiger charge is 2.11. The van der Waals surface area contributed by atoms with Crippen molar-refractivity contribution in [2.24, 2.45) is 5.73 Å². The van der Waals surface area contributed by atoms with Crippen molar-refractivity contribution in [2.75, 3.05) is 0 Å². The second kappa shape index (κ2) is 5.31. The smallest absolute Gasteiger partial charge is 0.123 e. The SMILES string of the molecule is CCn1ccnc1Cc1cc(F)ccc1C(C)N. The number of hydrogen-bond acceptors (Lipinski definition) is 2. The second-order valence-corrected chi connectivity index (χ2v) is 4.44. The highest BCUT2D eigenvalue weighted by Crippen LogP contribution is 2.20. The molecule has 0 spiro atoms. The molecular formula is C14H18FN3. The van der Waals surface area contributed by atoms with E-state index in [1.165, 1.54) is 6.07 Å². The van der Waals surface area contributed by atoms with Crippen LogP contribution >= 0.6 is 0 Å². The van der Waals surface area contributed by atoms with Gasteiger partial charge in [0.05, 0.1) is 0 Å². The maximum absolute atomic E-state index is 13.4. The molecule has 0 saturated carbocycles. The molecule has 0 bridgehead atoms. The Labute approximate surface area is 106 Å². The minimum Gasteiger partial charge on any atom is -0.335 e. The lowest BCUT2D eigenvalue weighted by atomic mass is 9.99. The Morgan fingerprint density at radius 1 is 1.44 bits per heavy atom. The molecule has 0 fully saturated rings. The van der Waals surface area contributed by atoms with E-state index in [4.69, 9.17) is 5.73 Å². The van der Waals surface area contributed by atoms with Gasteiger partial charge in [-0.25, -0.2) is 9.37 Å². The summed E-state index contributed by atoms with van der Waals surface area (Å²) in [5.74, 6) is 0.703. The van der Waals surface area contributed by atoms with Gasteiger partial charge in [0.15, 0.2) is 0 Å². The van der Waals surface area contributed by atoms with Crippen molar-refractivity contribution in [1.29, 1.82) is 0 Å². The summed E-state index contributed by atoms with van der Waals surface area (Å²) in [4.78, 5) is 4.31. The Morgan fingerprint density at radius 3 is 2.89 bits per heavy atom. The fraction of sp³-hybridized carbons (Fsp3) is 0.357. The lowest BCUT2D eigenvalue weighted by Crippen LogP contribution is -2.10. The molecule has 0 aliphatic carbocycles. The summed E-state index contributed by atoms with van der Waals surface area (Å²) in [5, 5.41) is 0. The molecule has 2 aromatic rings. The summed E-state index contributed by atoms with van der Waals surface area (Å²) in [6.45, 7) is 4.82. The highest BCUT2D eigenvalue weighted by molar-refractivity contribution is 5.32. The van der Waals surface area contributed by atoms with Crippen molar-refractivity contribution in [2.45, 2.75) is 32.9 Å². The lowest BCUT2D eigenvalue weighted by Gasteiger charge is -2.13. The summed E-state index contributed by atoms with van der Waals surface area (Å²) >= 11 is 0. The minimum atomic E-state index is -0.232. The van der Waals surface area contributed by atoms with Crippen LogP contribution in [0.4, 0.5) is 4.39 Å². The van der Waals surface area contributed by atoms with Gasteiger partial charge in [-0.3, -0.25) is 0 Å². The summed E-state index contributed by atoms with van der Waals surface area (Å²) in [5.41, 5.74) is 7.80. The molecule has 1 aromatic heterocycles. The van der Waals surface area contributed by atoms with Gasteiger partial charge in [0, 0.05) is 31.4 Å². The van der Waals surface area contributed by atoms with Crippen LogP contribution in [0.5, 0.6) is 0 Å². The van der Waals surface area contributed by atoms with E-state index < -0.39 is 0 Å². The van der Waals surface area contributed by atoms with Gasteiger partial charge in [0.1, 0.15) is 11.6 Å². The van der Waals surface area contributed by atoms with Gasteiger partial charge < -0.3 is 10.3 Å². The largest absolute Gasteiger partial charge is 0.335 e. The van der Waals surface area contributed by atoms with Gasteiger partial charge in [-0.1, -0.05) is 6.07 Å². The quantitative estimate of drug-likeness (QED) is 0.902. The molecule has 1 atom stereocenters. The van der Waals surface area contributed by atoms with E-state index in [0.717, 1.165) is 23.5 Å². The molecule has 96 valence electrons. The Bertz CT molecular complexity index is 532. The predicted octanol–water partition coefficient (Wildman–Crippen LogP) is 2.65. The van der Waals surface area contributed by atoms with Crippen LogP contribution in [0, 0.1) is 5.82 Å². The van der Waals surface area contributed by atoms with Crippen molar-refractivity contribution >= 4 is 0 Å². The van der Waals surface area contributed by atoms with Gasteiger partial charge in [-0.2, -0.15) is 0 Å². The van der Waals surface area contributed by atoms with Crippen LogP contribution in [-0.2, 0) is 13.0 Å². The number of nitrogens with zero attached hydrogens (tertiary/aromatic N) is 2. The van der Waals surface area contributed by atoms with E-state index in [0.29, 0.717) is 6.42 Å². The molecule has 0 saturated heterocycles. The monoisotopic (exact) mass is 247 g/mol. The Hall–Kier alpha value is -1.68. The number of benzene rings is 1. The van der Waals surface area contributed by atoms with Crippen LogP contribution in [0.15, 0.2) is 30.6 Å². The molecule has 1 aromatic carbocycles. The van der Waals surface area contributed by atoms with Crippen LogP contribution in [0.1, 0.15) is 36.8 Å². The zero-order valence-corrected chi connectivity index (χ0v) is 10.7. The molecule has 0 amide bonds. The number of aromatic nitrogens is 2. The third-order valence-electron chi connectivity index (χ3n) is 3.09. The van der Waals surface area contributed by atoms with Crippen molar-refractivity contribution in [3.8, 4) is 0 Å².